The number of likely N-dealkylation sites (tertiary alicyclic amines) is 1. The number of sulfonamides is 1. The predicted molar refractivity (Wildman–Crippen MR) is 109 cm³/mol. The van der Waals surface area contributed by atoms with Crippen molar-refractivity contribution in [1.29, 1.82) is 0 Å². The summed E-state index contributed by atoms with van der Waals surface area (Å²) in [6.07, 6.45) is 0.345. The minimum Gasteiger partial charge on any atom is -0.484 e. The summed E-state index contributed by atoms with van der Waals surface area (Å²) in [5.41, 5.74) is 0.862. The summed E-state index contributed by atoms with van der Waals surface area (Å²) < 4.78 is 46.5. The van der Waals surface area contributed by atoms with E-state index in [1.54, 1.807) is 6.92 Å². The lowest BCUT2D eigenvalue weighted by atomic mass is 10.2. The summed E-state index contributed by atoms with van der Waals surface area (Å²) in [7, 11) is -3.58. The summed E-state index contributed by atoms with van der Waals surface area (Å²) >= 11 is 5.70. The molecule has 0 spiro atoms. The van der Waals surface area contributed by atoms with E-state index < -0.39 is 21.1 Å². The van der Waals surface area contributed by atoms with E-state index in [0.717, 1.165) is 11.6 Å². The molecule has 0 radical (unpaired) electrons. The zero-order valence-electron chi connectivity index (χ0n) is 15.8. The van der Waals surface area contributed by atoms with E-state index in [1.165, 1.54) is 17.0 Å². The van der Waals surface area contributed by atoms with Crippen molar-refractivity contribution in [3.63, 3.8) is 0 Å². The number of amides is 1. The van der Waals surface area contributed by atoms with E-state index >= 15 is 0 Å². The van der Waals surface area contributed by atoms with Gasteiger partial charge in [-0.25, -0.2) is 17.5 Å². The number of hydrogen-bond acceptors (Lipinski definition) is 4. The van der Waals surface area contributed by atoms with Gasteiger partial charge in [-0.05, 0) is 31.0 Å². The summed E-state index contributed by atoms with van der Waals surface area (Å²) in [4.78, 5) is 14.0. The van der Waals surface area contributed by atoms with Gasteiger partial charge in [-0.3, -0.25) is 4.79 Å². The maximum atomic E-state index is 13.2. The molecule has 2 aromatic rings. The van der Waals surface area contributed by atoms with Crippen molar-refractivity contribution in [2.45, 2.75) is 31.2 Å². The molecule has 0 bridgehead atoms. The number of rotatable bonds is 7. The van der Waals surface area contributed by atoms with Gasteiger partial charge in [0.2, 0.25) is 10.0 Å². The van der Waals surface area contributed by atoms with E-state index in [1.807, 2.05) is 30.3 Å². The fourth-order valence-electron chi connectivity index (χ4n) is 3.25. The van der Waals surface area contributed by atoms with Crippen LogP contribution in [0.15, 0.2) is 48.5 Å². The Hall–Kier alpha value is -2.16. The molecule has 1 amide bonds. The standard InChI is InChI=1S/C20H22ClFN2O4S/c1-14-9-17(29(26,27)23-11-15-5-3-2-4-6-15)12-24(14)20(25)13-28-16-7-8-19(22)18(21)10-16/h2-8,10,14,17,23H,9,11-13H2,1H3. The van der Waals surface area contributed by atoms with Crippen LogP contribution in [0, 0.1) is 5.82 Å². The van der Waals surface area contributed by atoms with Crippen molar-refractivity contribution < 1.29 is 22.3 Å². The van der Waals surface area contributed by atoms with Crippen molar-refractivity contribution >= 4 is 27.5 Å². The van der Waals surface area contributed by atoms with Crippen LogP contribution in [-0.4, -0.2) is 43.7 Å². The van der Waals surface area contributed by atoms with Gasteiger partial charge in [0.15, 0.2) is 6.61 Å². The summed E-state index contributed by atoms with van der Waals surface area (Å²) in [5, 5.41) is -0.787. The molecule has 2 aromatic carbocycles. The van der Waals surface area contributed by atoms with Crippen LogP contribution < -0.4 is 9.46 Å². The first-order valence-corrected chi connectivity index (χ1v) is 11.1. The molecule has 3 rings (SSSR count). The number of nitrogens with one attached hydrogen (secondary N) is 1. The Labute approximate surface area is 174 Å². The first-order chi connectivity index (χ1) is 13.8. The van der Waals surface area contributed by atoms with Gasteiger partial charge in [-0.2, -0.15) is 0 Å². The largest absolute Gasteiger partial charge is 0.484 e. The highest BCUT2D eigenvalue weighted by Gasteiger charge is 2.39. The predicted octanol–water partition coefficient (Wildman–Crippen LogP) is 2.97. The Kier molecular flexibility index (Phi) is 6.77. The topological polar surface area (TPSA) is 75.7 Å². The summed E-state index contributed by atoms with van der Waals surface area (Å²) in [6, 6.07) is 12.8. The van der Waals surface area contributed by atoms with Crippen molar-refractivity contribution in [2.75, 3.05) is 13.2 Å². The normalized spacial score (nSPS) is 19.3. The second kappa shape index (κ2) is 9.11. The second-order valence-electron chi connectivity index (χ2n) is 6.97. The Morgan fingerprint density at radius 3 is 2.69 bits per heavy atom. The molecular weight excluding hydrogens is 419 g/mol. The maximum Gasteiger partial charge on any atom is 0.260 e. The number of nitrogens with zero attached hydrogens (tertiary/aromatic N) is 1. The van der Waals surface area contributed by atoms with Gasteiger partial charge in [-0.1, -0.05) is 41.9 Å². The average molecular weight is 441 g/mol. The molecular formula is C20H22ClFN2O4S. The van der Waals surface area contributed by atoms with Crippen molar-refractivity contribution in [2.24, 2.45) is 0 Å². The molecule has 0 aliphatic carbocycles. The number of benzene rings is 2. The Morgan fingerprint density at radius 1 is 1.28 bits per heavy atom. The van der Waals surface area contributed by atoms with E-state index in [2.05, 4.69) is 4.72 Å². The summed E-state index contributed by atoms with van der Waals surface area (Å²) in [6.45, 7) is 1.82. The molecule has 29 heavy (non-hydrogen) atoms. The van der Waals surface area contributed by atoms with Crippen LogP contribution in [0.1, 0.15) is 18.9 Å². The van der Waals surface area contributed by atoms with Gasteiger partial charge in [0.1, 0.15) is 11.6 Å². The lowest BCUT2D eigenvalue weighted by molar-refractivity contribution is -0.133. The van der Waals surface area contributed by atoms with E-state index in [9.17, 15) is 17.6 Å². The average Bonchev–Trinajstić information content (AvgIpc) is 3.11. The molecule has 2 unspecified atom stereocenters. The number of carbonyl (C=O) groups excluding carboxylic acids is 1. The third-order valence-electron chi connectivity index (χ3n) is 4.87. The van der Waals surface area contributed by atoms with Gasteiger partial charge in [-0.15, -0.1) is 0 Å². The Bertz CT molecular complexity index is 972. The van der Waals surface area contributed by atoms with Crippen LogP contribution in [0.25, 0.3) is 0 Å². The van der Waals surface area contributed by atoms with Gasteiger partial charge in [0.25, 0.3) is 5.91 Å². The van der Waals surface area contributed by atoms with Crippen LogP contribution in [0.4, 0.5) is 4.39 Å². The molecule has 1 heterocycles. The highest BCUT2D eigenvalue weighted by Crippen LogP contribution is 2.24. The number of carbonyl (C=O) groups is 1. The van der Waals surface area contributed by atoms with Crippen LogP contribution in [0.2, 0.25) is 5.02 Å². The van der Waals surface area contributed by atoms with Crippen molar-refractivity contribution in [1.82, 2.24) is 9.62 Å². The van der Waals surface area contributed by atoms with Gasteiger partial charge >= 0.3 is 0 Å². The third-order valence-corrected chi connectivity index (χ3v) is 6.92. The smallest absolute Gasteiger partial charge is 0.260 e. The second-order valence-corrected chi connectivity index (χ2v) is 9.42. The van der Waals surface area contributed by atoms with Crippen molar-refractivity contribution in [3.8, 4) is 5.75 Å². The molecule has 1 N–H and O–H groups in total. The molecule has 9 heteroatoms. The molecule has 0 saturated carbocycles. The zero-order valence-corrected chi connectivity index (χ0v) is 17.4. The minimum atomic E-state index is -3.58. The van der Waals surface area contributed by atoms with E-state index in [4.69, 9.17) is 16.3 Å². The quantitative estimate of drug-likeness (QED) is 0.718. The van der Waals surface area contributed by atoms with E-state index in [0.29, 0.717) is 6.42 Å². The molecule has 1 saturated heterocycles. The fraction of sp³-hybridized carbons (Fsp3) is 0.350. The fourth-order valence-corrected chi connectivity index (χ4v) is 4.91. The van der Waals surface area contributed by atoms with Gasteiger partial charge in [0.05, 0.1) is 10.3 Å². The first kappa shape index (κ1) is 21.5. The molecule has 6 nitrogen and oxygen atoms in total. The molecule has 1 aliphatic heterocycles. The van der Waals surface area contributed by atoms with Crippen LogP contribution in [0.3, 0.4) is 0 Å². The van der Waals surface area contributed by atoms with Crippen molar-refractivity contribution in [3.05, 3.63) is 64.9 Å². The monoisotopic (exact) mass is 440 g/mol. The first-order valence-electron chi connectivity index (χ1n) is 9.16. The number of ether oxygens (including phenoxy) is 1. The molecule has 1 fully saturated rings. The minimum absolute atomic E-state index is 0.0949. The van der Waals surface area contributed by atoms with E-state index in [-0.39, 0.29) is 42.4 Å². The number of halogens is 2. The zero-order chi connectivity index (χ0) is 21.0. The number of hydrogen-bond donors (Lipinski definition) is 1. The SMILES string of the molecule is CC1CC(S(=O)(=O)NCc2ccccc2)CN1C(=O)COc1ccc(F)c(Cl)c1. The lowest BCUT2D eigenvalue weighted by Gasteiger charge is -2.21. The highest BCUT2D eigenvalue weighted by molar-refractivity contribution is 7.90. The molecule has 0 aromatic heterocycles. The molecule has 2 atom stereocenters. The maximum absolute atomic E-state index is 13.2. The highest BCUT2D eigenvalue weighted by atomic mass is 35.5. The van der Waals surface area contributed by atoms with Gasteiger partial charge in [0, 0.05) is 25.2 Å². The van der Waals surface area contributed by atoms with Crippen LogP contribution in [-0.2, 0) is 21.4 Å². The van der Waals surface area contributed by atoms with Crippen LogP contribution in [0.5, 0.6) is 5.75 Å². The van der Waals surface area contributed by atoms with Crippen LogP contribution >= 0.6 is 11.6 Å². The lowest BCUT2D eigenvalue weighted by Crippen LogP contribution is -2.40. The Balaban J connectivity index is 1.56. The van der Waals surface area contributed by atoms with Gasteiger partial charge < -0.3 is 9.64 Å². The summed E-state index contributed by atoms with van der Waals surface area (Å²) in [5.74, 6) is -0.640. The Morgan fingerprint density at radius 2 is 2.00 bits per heavy atom. The molecule has 156 valence electrons. The molecule has 1 aliphatic rings. The third kappa shape index (κ3) is 5.46.